The van der Waals surface area contributed by atoms with E-state index < -0.39 is 0 Å². The van der Waals surface area contributed by atoms with E-state index in [0.717, 1.165) is 15.0 Å². The highest BCUT2D eigenvalue weighted by Gasteiger charge is 2.13. The van der Waals surface area contributed by atoms with E-state index in [-0.39, 0.29) is 5.78 Å². The third-order valence-electron chi connectivity index (χ3n) is 2.43. The predicted molar refractivity (Wildman–Crippen MR) is 75.6 cm³/mol. The standard InChI is InChI=1S/C13H12Cl2OS/c1-7(2)3-11(16)13-5-8-4-9(14)10(15)6-12(8)17-13/h4-7H,3H2,1-2H3. The van der Waals surface area contributed by atoms with Gasteiger partial charge < -0.3 is 0 Å². The highest BCUT2D eigenvalue weighted by Crippen LogP contribution is 2.33. The minimum atomic E-state index is 0.188. The summed E-state index contributed by atoms with van der Waals surface area (Å²) < 4.78 is 1.01. The normalized spacial score (nSPS) is 11.4. The molecule has 0 radical (unpaired) electrons. The zero-order valence-corrected chi connectivity index (χ0v) is 11.9. The first kappa shape index (κ1) is 12.9. The van der Waals surface area contributed by atoms with Gasteiger partial charge in [-0.1, -0.05) is 37.0 Å². The van der Waals surface area contributed by atoms with Crippen molar-refractivity contribution >= 4 is 50.4 Å². The van der Waals surface area contributed by atoms with Gasteiger partial charge >= 0.3 is 0 Å². The van der Waals surface area contributed by atoms with Crippen molar-refractivity contribution in [1.29, 1.82) is 0 Å². The Hall–Kier alpha value is -0.570. The van der Waals surface area contributed by atoms with Crippen LogP contribution in [0.15, 0.2) is 18.2 Å². The number of ketones is 1. The van der Waals surface area contributed by atoms with E-state index in [1.807, 2.05) is 32.0 Å². The lowest BCUT2D eigenvalue weighted by Gasteiger charge is -2.00. The smallest absolute Gasteiger partial charge is 0.173 e. The molecule has 0 unspecified atom stereocenters. The molecule has 0 spiro atoms. The number of fused-ring (bicyclic) bond motifs is 1. The van der Waals surface area contributed by atoms with Gasteiger partial charge in [-0.3, -0.25) is 4.79 Å². The van der Waals surface area contributed by atoms with Gasteiger partial charge in [0.15, 0.2) is 5.78 Å². The van der Waals surface area contributed by atoms with Crippen LogP contribution in [0.1, 0.15) is 29.9 Å². The van der Waals surface area contributed by atoms with Crippen molar-refractivity contribution in [3.8, 4) is 0 Å². The Morgan fingerprint density at radius 3 is 2.53 bits per heavy atom. The lowest BCUT2D eigenvalue weighted by Crippen LogP contribution is -2.00. The van der Waals surface area contributed by atoms with E-state index in [1.165, 1.54) is 11.3 Å². The first-order valence-corrected chi connectivity index (χ1v) is 6.96. The van der Waals surface area contributed by atoms with Gasteiger partial charge in [0.1, 0.15) is 0 Å². The Kier molecular flexibility index (Phi) is 3.76. The number of halogens is 2. The molecule has 1 aromatic heterocycles. The molecule has 0 aliphatic rings. The second-order valence-electron chi connectivity index (χ2n) is 4.44. The van der Waals surface area contributed by atoms with Crippen LogP contribution in [-0.2, 0) is 0 Å². The monoisotopic (exact) mass is 286 g/mol. The van der Waals surface area contributed by atoms with Crippen LogP contribution < -0.4 is 0 Å². The summed E-state index contributed by atoms with van der Waals surface area (Å²) in [6.45, 7) is 4.08. The Labute approximate surface area is 114 Å². The Morgan fingerprint density at radius 2 is 1.88 bits per heavy atom. The summed E-state index contributed by atoms with van der Waals surface area (Å²) in [4.78, 5) is 12.7. The number of benzene rings is 1. The van der Waals surface area contributed by atoms with Crippen LogP contribution in [-0.4, -0.2) is 5.78 Å². The van der Waals surface area contributed by atoms with Gasteiger partial charge in [0.25, 0.3) is 0 Å². The number of Topliss-reactive ketones (excluding diaryl/α,β-unsaturated/α-hetero) is 1. The molecule has 0 amide bonds. The van der Waals surface area contributed by atoms with Gasteiger partial charge in [-0.15, -0.1) is 11.3 Å². The highest BCUT2D eigenvalue weighted by atomic mass is 35.5. The molecule has 17 heavy (non-hydrogen) atoms. The van der Waals surface area contributed by atoms with Gasteiger partial charge in [0.2, 0.25) is 0 Å². The summed E-state index contributed by atoms with van der Waals surface area (Å²) in [7, 11) is 0. The van der Waals surface area contributed by atoms with E-state index in [9.17, 15) is 4.79 Å². The molecule has 0 saturated carbocycles. The fraction of sp³-hybridized carbons (Fsp3) is 0.308. The van der Waals surface area contributed by atoms with Crippen LogP contribution in [0, 0.1) is 5.92 Å². The maximum Gasteiger partial charge on any atom is 0.173 e. The van der Waals surface area contributed by atoms with Crippen molar-refractivity contribution in [2.75, 3.05) is 0 Å². The SMILES string of the molecule is CC(C)CC(=O)c1cc2cc(Cl)c(Cl)cc2s1. The summed E-state index contributed by atoms with van der Waals surface area (Å²) in [5, 5.41) is 2.04. The molecular weight excluding hydrogens is 275 g/mol. The van der Waals surface area contributed by atoms with Crippen LogP contribution >= 0.6 is 34.5 Å². The average molecular weight is 287 g/mol. The van der Waals surface area contributed by atoms with Crippen LogP contribution in [0.5, 0.6) is 0 Å². The average Bonchev–Trinajstić information content (AvgIpc) is 2.60. The van der Waals surface area contributed by atoms with E-state index in [4.69, 9.17) is 23.2 Å². The molecule has 0 bridgehead atoms. The molecular formula is C13H12Cl2OS. The molecule has 0 atom stereocenters. The minimum absolute atomic E-state index is 0.188. The van der Waals surface area contributed by atoms with E-state index >= 15 is 0 Å². The summed E-state index contributed by atoms with van der Waals surface area (Å²) >= 11 is 13.4. The third kappa shape index (κ3) is 2.82. The fourth-order valence-electron chi connectivity index (χ4n) is 1.64. The van der Waals surface area contributed by atoms with Crippen LogP contribution in [0.4, 0.5) is 0 Å². The summed E-state index contributed by atoms with van der Waals surface area (Å²) in [6.07, 6.45) is 0.578. The van der Waals surface area contributed by atoms with Crippen molar-refractivity contribution in [1.82, 2.24) is 0 Å². The topological polar surface area (TPSA) is 17.1 Å². The molecule has 1 heterocycles. The predicted octanol–water partition coefficient (Wildman–Crippen LogP) is 5.44. The molecule has 0 saturated heterocycles. The third-order valence-corrected chi connectivity index (χ3v) is 4.29. The summed E-state index contributed by atoms with van der Waals surface area (Å²) in [6, 6.07) is 5.52. The first-order valence-electron chi connectivity index (χ1n) is 5.39. The molecule has 0 aliphatic carbocycles. The zero-order chi connectivity index (χ0) is 12.6. The molecule has 2 aromatic rings. The van der Waals surface area contributed by atoms with Gasteiger partial charge in [-0.2, -0.15) is 0 Å². The summed E-state index contributed by atoms with van der Waals surface area (Å²) in [5.41, 5.74) is 0. The van der Waals surface area contributed by atoms with Crippen molar-refractivity contribution in [2.24, 2.45) is 5.92 Å². The molecule has 0 aliphatic heterocycles. The molecule has 4 heteroatoms. The second kappa shape index (κ2) is 4.97. The molecule has 2 rings (SSSR count). The lowest BCUT2D eigenvalue weighted by atomic mass is 10.1. The number of hydrogen-bond donors (Lipinski definition) is 0. The zero-order valence-electron chi connectivity index (χ0n) is 9.59. The highest BCUT2D eigenvalue weighted by molar-refractivity contribution is 7.20. The molecule has 1 nitrogen and oxygen atoms in total. The number of rotatable bonds is 3. The van der Waals surface area contributed by atoms with Crippen molar-refractivity contribution < 1.29 is 4.79 Å². The van der Waals surface area contributed by atoms with Crippen molar-refractivity contribution in [2.45, 2.75) is 20.3 Å². The minimum Gasteiger partial charge on any atom is -0.293 e. The van der Waals surface area contributed by atoms with Gasteiger partial charge in [-0.05, 0) is 29.5 Å². The van der Waals surface area contributed by atoms with Gasteiger partial charge in [0.05, 0.1) is 14.9 Å². The molecule has 1 aromatic carbocycles. The maximum atomic E-state index is 11.9. The number of carbonyl (C=O) groups is 1. The van der Waals surface area contributed by atoms with Crippen LogP contribution in [0.25, 0.3) is 10.1 Å². The van der Waals surface area contributed by atoms with E-state index in [0.29, 0.717) is 22.4 Å². The van der Waals surface area contributed by atoms with E-state index in [2.05, 4.69) is 0 Å². The van der Waals surface area contributed by atoms with E-state index in [1.54, 1.807) is 0 Å². The lowest BCUT2D eigenvalue weighted by molar-refractivity contribution is 0.0972. The summed E-state index contributed by atoms with van der Waals surface area (Å²) in [5.74, 6) is 0.563. The second-order valence-corrected chi connectivity index (χ2v) is 6.33. The maximum absolute atomic E-state index is 11.9. The Balaban J connectivity index is 2.41. The van der Waals surface area contributed by atoms with Gasteiger partial charge in [0, 0.05) is 11.1 Å². The van der Waals surface area contributed by atoms with Crippen molar-refractivity contribution in [3.05, 3.63) is 33.1 Å². The molecule has 0 N–H and O–H groups in total. The van der Waals surface area contributed by atoms with Crippen LogP contribution in [0.2, 0.25) is 10.0 Å². The largest absolute Gasteiger partial charge is 0.293 e. The van der Waals surface area contributed by atoms with Crippen molar-refractivity contribution in [3.63, 3.8) is 0 Å². The van der Waals surface area contributed by atoms with Crippen LogP contribution in [0.3, 0.4) is 0 Å². The fourth-order valence-corrected chi connectivity index (χ4v) is 3.08. The number of thiophene rings is 1. The first-order chi connectivity index (χ1) is 7.97. The Morgan fingerprint density at radius 1 is 1.24 bits per heavy atom. The Bertz CT molecular complexity index is 533. The number of carbonyl (C=O) groups excluding carboxylic acids is 1. The quantitative estimate of drug-likeness (QED) is 0.687. The van der Waals surface area contributed by atoms with Gasteiger partial charge in [-0.25, -0.2) is 0 Å². The number of hydrogen-bond acceptors (Lipinski definition) is 2. The molecule has 90 valence electrons. The molecule has 0 fully saturated rings.